The van der Waals surface area contributed by atoms with Crippen LogP contribution in [-0.4, -0.2) is 53.3 Å². The van der Waals surface area contributed by atoms with Crippen LogP contribution in [0, 0.1) is 0 Å². The van der Waals surface area contributed by atoms with Crippen molar-refractivity contribution in [3.63, 3.8) is 0 Å². The molecule has 7 nitrogen and oxygen atoms in total. The van der Waals surface area contributed by atoms with Crippen LogP contribution in [0.3, 0.4) is 0 Å². The molecule has 1 aliphatic heterocycles. The lowest BCUT2D eigenvalue weighted by Crippen LogP contribution is -2.38. The monoisotopic (exact) mass is 419 g/mol. The van der Waals surface area contributed by atoms with Crippen LogP contribution in [0.2, 0.25) is 0 Å². The van der Waals surface area contributed by atoms with Gasteiger partial charge in [0.15, 0.2) is 5.43 Å². The van der Waals surface area contributed by atoms with Gasteiger partial charge in [0.25, 0.3) is 0 Å². The van der Waals surface area contributed by atoms with Crippen molar-refractivity contribution in [2.45, 2.75) is 32.0 Å². The fraction of sp³-hybridized carbons (Fsp3) is 0.417. The predicted octanol–water partition coefficient (Wildman–Crippen LogP) is 1.77. The summed E-state index contributed by atoms with van der Waals surface area (Å²) in [6, 6.07) is 10.8. The summed E-state index contributed by atoms with van der Waals surface area (Å²) in [5, 5.41) is 4.21. The van der Waals surface area contributed by atoms with E-state index < -0.39 is 0 Å². The van der Waals surface area contributed by atoms with Gasteiger partial charge in [0.1, 0.15) is 5.65 Å². The van der Waals surface area contributed by atoms with E-state index in [0.717, 1.165) is 63.6 Å². The number of benzene rings is 1. The predicted molar refractivity (Wildman–Crippen MR) is 122 cm³/mol. The summed E-state index contributed by atoms with van der Waals surface area (Å²) < 4.78 is 7.51. The molecule has 5 rings (SSSR count). The quantitative estimate of drug-likeness (QED) is 0.633. The third-order valence-corrected chi connectivity index (χ3v) is 6.39. The summed E-state index contributed by atoms with van der Waals surface area (Å²) in [7, 11) is 0. The highest BCUT2D eigenvalue weighted by Crippen LogP contribution is 2.25. The highest BCUT2D eigenvalue weighted by molar-refractivity contribution is 5.79. The van der Waals surface area contributed by atoms with E-state index in [1.165, 1.54) is 11.1 Å². The molecule has 3 aromatic rings. The minimum Gasteiger partial charge on any atom is -0.380 e. The minimum absolute atomic E-state index is 0.0222. The van der Waals surface area contributed by atoms with E-state index in [0.29, 0.717) is 17.0 Å². The molecule has 0 amide bonds. The molecule has 1 aliphatic carbocycles. The minimum atomic E-state index is -0.0222. The molecule has 0 atom stereocenters. The Hall–Kier alpha value is -2.74. The Morgan fingerprint density at radius 2 is 1.87 bits per heavy atom. The first-order chi connectivity index (χ1) is 15.2. The first kappa shape index (κ1) is 20.2. The van der Waals surface area contributed by atoms with Gasteiger partial charge in [0, 0.05) is 50.5 Å². The average Bonchev–Trinajstić information content (AvgIpc) is 3.22. The molecule has 3 heterocycles. The van der Waals surface area contributed by atoms with Crippen molar-refractivity contribution in [2.24, 2.45) is 5.73 Å². The van der Waals surface area contributed by atoms with Crippen molar-refractivity contribution in [2.75, 3.05) is 38.2 Å². The third-order valence-electron chi connectivity index (χ3n) is 6.39. The zero-order valence-corrected chi connectivity index (χ0v) is 17.7. The Morgan fingerprint density at radius 3 is 2.58 bits per heavy atom. The van der Waals surface area contributed by atoms with Gasteiger partial charge >= 0.3 is 0 Å². The van der Waals surface area contributed by atoms with Crippen molar-refractivity contribution in [3.8, 4) is 0 Å². The topological polar surface area (TPSA) is 85.4 Å². The largest absolute Gasteiger partial charge is 0.380 e. The second kappa shape index (κ2) is 8.78. The van der Waals surface area contributed by atoms with E-state index in [-0.39, 0.29) is 12.0 Å². The first-order valence-corrected chi connectivity index (χ1v) is 11.1. The van der Waals surface area contributed by atoms with E-state index in [4.69, 9.17) is 10.5 Å². The molecule has 1 saturated heterocycles. The van der Waals surface area contributed by atoms with Crippen LogP contribution in [-0.2, 0) is 30.7 Å². The van der Waals surface area contributed by atoms with Crippen LogP contribution in [0.25, 0.3) is 11.0 Å². The molecular weight excluding hydrogens is 390 g/mol. The van der Waals surface area contributed by atoms with Crippen molar-refractivity contribution in [1.82, 2.24) is 14.5 Å². The lowest BCUT2D eigenvalue weighted by atomic mass is 10.1. The molecule has 0 unspecified atom stereocenters. The molecule has 0 saturated carbocycles. The van der Waals surface area contributed by atoms with E-state index >= 15 is 0 Å². The van der Waals surface area contributed by atoms with E-state index in [1.54, 1.807) is 0 Å². The molecule has 1 aromatic carbocycles. The molecule has 0 bridgehead atoms. The smallest absolute Gasteiger partial charge is 0.195 e. The molecule has 3 N–H and O–H groups in total. The van der Waals surface area contributed by atoms with Crippen LogP contribution in [0.4, 0.5) is 5.69 Å². The Kier molecular flexibility index (Phi) is 5.72. The lowest BCUT2D eigenvalue weighted by molar-refractivity contribution is 0.0365. The van der Waals surface area contributed by atoms with Crippen molar-refractivity contribution in [3.05, 3.63) is 69.6 Å². The number of pyridine rings is 2. The Morgan fingerprint density at radius 1 is 1.13 bits per heavy atom. The van der Waals surface area contributed by atoms with Crippen molar-refractivity contribution in [1.29, 1.82) is 0 Å². The molecule has 31 heavy (non-hydrogen) atoms. The summed E-state index contributed by atoms with van der Waals surface area (Å²) in [6.07, 6.45) is 5.69. The number of hydrogen-bond acceptors (Lipinski definition) is 6. The second-order valence-electron chi connectivity index (χ2n) is 8.45. The van der Waals surface area contributed by atoms with E-state index in [2.05, 4.69) is 44.0 Å². The number of nitrogens with two attached hydrogens (primary N) is 1. The summed E-state index contributed by atoms with van der Waals surface area (Å²) in [6.45, 7) is 5.31. The summed E-state index contributed by atoms with van der Waals surface area (Å²) in [4.78, 5) is 20.1. The van der Waals surface area contributed by atoms with Crippen LogP contribution in [0.15, 0.2) is 47.5 Å². The van der Waals surface area contributed by atoms with Crippen LogP contribution >= 0.6 is 0 Å². The van der Waals surface area contributed by atoms with E-state index in [1.807, 2.05) is 18.5 Å². The Labute approximate surface area is 181 Å². The van der Waals surface area contributed by atoms with Gasteiger partial charge < -0.3 is 20.4 Å². The fourth-order valence-corrected chi connectivity index (χ4v) is 4.70. The zero-order valence-electron chi connectivity index (χ0n) is 17.7. The van der Waals surface area contributed by atoms with Gasteiger partial charge in [-0.3, -0.25) is 9.69 Å². The SMILES string of the molecule is NCc1cn(CCN2CCOCC2)c2ncc(NC3Cc4ccccc4C3)cc2c1=O. The molecule has 2 aromatic heterocycles. The van der Waals surface area contributed by atoms with Gasteiger partial charge in [0.2, 0.25) is 0 Å². The van der Waals surface area contributed by atoms with Crippen molar-refractivity contribution < 1.29 is 4.74 Å². The van der Waals surface area contributed by atoms with Gasteiger partial charge in [-0.05, 0) is 30.0 Å². The fourth-order valence-electron chi connectivity index (χ4n) is 4.70. The van der Waals surface area contributed by atoms with Crippen LogP contribution in [0.1, 0.15) is 16.7 Å². The standard InChI is InChI=1S/C24H29N5O2/c25-14-19-16-29(6-5-28-7-9-31-10-8-28)24-22(23(19)30)13-21(15-26-24)27-20-11-17-3-1-2-4-18(17)12-20/h1-4,13,15-16,20,27H,5-12,14,25H2. The first-order valence-electron chi connectivity index (χ1n) is 11.1. The number of hydrogen-bond donors (Lipinski definition) is 2. The average molecular weight is 420 g/mol. The number of rotatable bonds is 6. The summed E-state index contributed by atoms with van der Waals surface area (Å²) in [5.41, 5.74) is 10.9. The van der Waals surface area contributed by atoms with Gasteiger partial charge in [-0.15, -0.1) is 0 Å². The maximum atomic E-state index is 13.0. The van der Waals surface area contributed by atoms with Crippen LogP contribution in [0.5, 0.6) is 0 Å². The molecule has 0 radical (unpaired) electrons. The lowest BCUT2D eigenvalue weighted by Gasteiger charge is -2.27. The maximum Gasteiger partial charge on any atom is 0.195 e. The molecule has 162 valence electrons. The van der Waals surface area contributed by atoms with Crippen LogP contribution < -0.4 is 16.5 Å². The highest BCUT2D eigenvalue weighted by atomic mass is 16.5. The summed E-state index contributed by atoms with van der Waals surface area (Å²) in [5.74, 6) is 0. The van der Waals surface area contributed by atoms with Gasteiger partial charge in [-0.2, -0.15) is 0 Å². The molecule has 2 aliphatic rings. The summed E-state index contributed by atoms with van der Waals surface area (Å²) >= 11 is 0. The number of anilines is 1. The normalized spacial score (nSPS) is 17.2. The number of aromatic nitrogens is 2. The van der Waals surface area contributed by atoms with E-state index in [9.17, 15) is 4.79 Å². The van der Waals surface area contributed by atoms with Gasteiger partial charge in [-0.1, -0.05) is 24.3 Å². The molecule has 0 spiro atoms. The number of morpholine rings is 1. The Balaban J connectivity index is 1.39. The number of ether oxygens (including phenoxy) is 1. The molecule has 1 fully saturated rings. The van der Waals surface area contributed by atoms with Gasteiger partial charge in [0.05, 0.1) is 30.5 Å². The van der Waals surface area contributed by atoms with Crippen molar-refractivity contribution >= 4 is 16.7 Å². The third kappa shape index (κ3) is 4.21. The number of nitrogens with zero attached hydrogens (tertiary/aromatic N) is 3. The highest BCUT2D eigenvalue weighted by Gasteiger charge is 2.21. The number of fused-ring (bicyclic) bond motifs is 2. The molecule has 7 heteroatoms. The molecular formula is C24H29N5O2. The van der Waals surface area contributed by atoms with Gasteiger partial charge in [-0.25, -0.2) is 4.98 Å². The second-order valence-corrected chi connectivity index (χ2v) is 8.45. The zero-order chi connectivity index (χ0) is 21.2. The number of nitrogens with one attached hydrogen (secondary N) is 1. The Bertz CT molecular complexity index is 1110. The maximum absolute atomic E-state index is 13.0.